The molecular weight excluding hydrogens is 252 g/mol. The van der Waals surface area contributed by atoms with Gasteiger partial charge in [-0.25, -0.2) is 0 Å². The number of nitrogens with zero attached hydrogens (tertiary/aromatic N) is 1. The number of hydrogen-bond donors (Lipinski definition) is 1. The number of anilines is 2. The molecule has 2 nitrogen and oxygen atoms in total. The molecule has 0 fully saturated rings. The fourth-order valence-corrected chi connectivity index (χ4v) is 1.82. The summed E-state index contributed by atoms with van der Waals surface area (Å²) in [5.41, 5.74) is 7.90. The number of nitrogen functional groups attached to an aromatic ring is 1. The lowest BCUT2D eigenvalue weighted by Gasteiger charge is -2.22. The van der Waals surface area contributed by atoms with Gasteiger partial charge in [-0.05, 0) is 30.5 Å². The van der Waals surface area contributed by atoms with Crippen molar-refractivity contribution in [2.75, 3.05) is 24.2 Å². The molecule has 0 spiro atoms. The first-order valence-electron chi connectivity index (χ1n) is 5.27. The Kier molecular flexibility index (Phi) is 4.45. The van der Waals surface area contributed by atoms with E-state index in [4.69, 9.17) is 5.73 Å². The molecule has 0 atom stereocenters. The van der Waals surface area contributed by atoms with Crippen LogP contribution in [0.3, 0.4) is 0 Å². The first kappa shape index (κ1) is 12.4. The molecule has 0 heterocycles. The highest BCUT2D eigenvalue weighted by Crippen LogP contribution is 2.26. The standard InChI is InChI=1S/C12H19BrN2/c1-9(2)6-7-15(3)12-5-4-10(13)8-11(12)14/h4-5,8-9H,6-7,14H2,1-3H3. The summed E-state index contributed by atoms with van der Waals surface area (Å²) in [5, 5.41) is 0. The van der Waals surface area contributed by atoms with E-state index in [-0.39, 0.29) is 0 Å². The Labute approximate surface area is 101 Å². The van der Waals surface area contributed by atoms with Gasteiger partial charge in [0, 0.05) is 18.1 Å². The van der Waals surface area contributed by atoms with Crippen LogP contribution >= 0.6 is 15.9 Å². The molecule has 0 aliphatic rings. The summed E-state index contributed by atoms with van der Waals surface area (Å²) < 4.78 is 1.03. The average Bonchev–Trinajstić information content (AvgIpc) is 2.14. The first-order valence-corrected chi connectivity index (χ1v) is 6.06. The zero-order valence-electron chi connectivity index (χ0n) is 9.63. The van der Waals surface area contributed by atoms with Crippen molar-refractivity contribution < 1.29 is 0 Å². The van der Waals surface area contributed by atoms with Crippen LogP contribution in [0.5, 0.6) is 0 Å². The Morgan fingerprint density at radius 2 is 2.07 bits per heavy atom. The molecular formula is C12H19BrN2. The average molecular weight is 271 g/mol. The van der Waals surface area contributed by atoms with Gasteiger partial charge in [-0.15, -0.1) is 0 Å². The van der Waals surface area contributed by atoms with Gasteiger partial charge in [-0.1, -0.05) is 29.8 Å². The smallest absolute Gasteiger partial charge is 0.0598 e. The lowest BCUT2D eigenvalue weighted by atomic mass is 10.1. The molecule has 0 aromatic heterocycles. The van der Waals surface area contributed by atoms with Crippen molar-refractivity contribution in [2.45, 2.75) is 20.3 Å². The predicted octanol–water partition coefficient (Wildman–Crippen LogP) is 3.51. The van der Waals surface area contributed by atoms with E-state index in [1.165, 1.54) is 6.42 Å². The lowest BCUT2D eigenvalue weighted by Crippen LogP contribution is -2.20. The Bertz CT molecular complexity index is 323. The van der Waals surface area contributed by atoms with Gasteiger partial charge in [-0.2, -0.15) is 0 Å². The second-order valence-electron chi connectivity index (χ2n) is 4.31. The minimum atomic E-state index is 0.726. The molecule has 0 radical (unpaired) electrons. The molecule has 2 N–H and O–H groups in total. The Balaban J connectivity index is 2.69. The van der Waals surface area contributed by atoms with Gasteiger partial charge in [-0.3, -0.25) is 0 Å². The fraction of sp³-hybridized carbons (Fsp3) is 0.500. The van der Waals surface area contributed by atoms with Crippen LogP contribution < -0.4 is 10.6 Å². The van der Waals surface area contributed by atoms with Crippen molar-refractivity contribution in [3.05, 3.63) is 22.7 Å². The van der Waals surface area contributed by atoms with E-state index in [0.29, 0.717) is 0 Å². The predicted molar refractivity (Wildman–Crippen MR) is 71.3 cm³/mol. The minimum Gasteiger partial charge on any atom is -0.397 e. The SMILES string of the molecule is CC(C)CCN(C)c1ccc(Br)cc1N. The quantitative estimate of drug-likeness (QED) is 0.849. The molecule has 0 aliphatic heterocycles. The van der Waals surface area contributed by atoms with Crippen molar-refractivity contribution in [3.8, 4) is 0 Å². The monoisotopic (exact) mass is 270 g/mol. The van der Waals surface area contributed by atoms with Gasteiger partial charge in [0.1, 0.15) is 0 Å². The first-order chi connectivity index (χ1) is 7.00. The van der Waals surface area contributed by atoms with Gasteiger partial charge in [0.2, 0.25) is 0 Å². The third-order valence-electron chi connectivity index (χ3n) is 2.44. The highest BCUT2D eigenvalue weighted by molar-refractivity contribution is 9.10. The summed E-state index contributed by atoms with van der Waals surface area (Å²) in [4.78, 5) is 2.21. The maximum atomic E-state index is 5.96. The van der Waals surface area contributed by atoms with Crippen molar-refractivity contribution in [1.82, 2.24) is 0 Å². The van der Waals surface area contributed by atoms with Crippen LogP contribution in [0.2, 0.25) is 0 Å². The van der Waals surface area contributed by atoms with E-state index in [1.807, 2.05) is 12.1 Å². The van der Waals surface area contributed by atoms with Gasteiger partial charge in [0.15, 0.2) is 0 Å². The normalized spacial score (nSPS) is 10.7. The highest BCUT2D eigenvalue weighted by atomic mass is 79.9. The molecule has 84 valence electrons. The molecule has 1 rings (SSSR count). The molecule has 0 saturated carbocycles. The molecule has 0 aliphatic carbocycles. The summed E-state index contributed by atoms with van der Waals surface area (Å²) in [6.07, 6.45) is 1.19. The van der Waals surface area contributed by atoms with Crippen molar-refractivity contribution in [1.29, 1.82) is 0 Å². The van der Waals surface area contributed by atoms with Crippen LogP contribution in [-0.2, 0) is 0 Å². The number of hydrogen-bond acceptors (Lipinski definition) is 2. The molecule has 3 heteroatoms. The maximum Gasteiger partial charge on any atom is 0.0598 e. The van der Waals surface area contributed by atoms with E-state index in [0.717, 1.165) is 28.3 Å². The van der Waals surface area contributed by atoms with Crippen LogP contribution in [0, 0.1) is 5.92 Å². The van der Waals surface area contributed by atoms with E-state index in [2.05, 4.69) is 47.8 Å². The third-order valence-corrected chi connectivity index (χ3v) is 2.94. The van der Waals surface area contributed by atoms with Gasteiger partial charge in [0.05, 0.1) is 11.4 Å². The number of benzene rings is 1. The van der Waals surface area contributed by atoms with Crippen LogP contribution in [0.4, 0.5) is 11.4 Å². The van der Waals surface area contributed by atoms with Gasteiger partial charge in [0.25, 0.3) is 0 Å². The fourth-order valence-electron chi connectivity index (χ4n) is 1.45. The summed E-state index contributed by atoms with van der Waals surface area (Å²) in [5.74, 6) is 0.726. The lowest BCUT2D eigenvalue weighted by molar-refractivity contribution is 0.585. The highest BCUT2D eigenvalue weighted by Gasteiger charge is 2.06. The third kappa shape index (κ3) is 3.74. The van der Waals surface area contributed by atoms with Crippen molar-refractivity contribution in [2.24, 2.45) is 5.92 Å². The van der Waals surface area contributed by atoms with Gasteiger partial charge < -0.3 is 10.6 Å². The maximum absolute atomic E-state index is 5.96. The summed E-state index contributed by atoms with van der Waals surface area (Å²) in [7, 11) is 2.09. The van der Waals surface area contributed by atoms with Crippen LogP contribution in [0.1, 0.15) is 20.3 Å². The second-order valence-corrected chi connectivity index (χ2v) is 5.22. The van der Waals surface area contributed by atoms with Crippen LogP contribution in [0.15, 0.2) is 22.7 Å². The van der Waals surface area contributed by atoms with Crippen molar-refractivity contribution >= 4 is 27.3 Å². The van der Waals surface area contributed by atoms with E-state index in [9.17, 15) is 0 Å². The number of halogens is 1. The molecule has 1 aromatic carbocycles. The molecule has 15 heavy (non-hydrogen) atoms. The summed E-state index contributed by atoms with van der Waals surface area (Å²) in [6.45, 7) is 5.51. The summed E-state index contributed by atoms with van der Waals surface area (Å²) >= 11 is 3.41. The van der Waals surface area contributed by atoms with E-state index >= 15 is 0 Å². The minimum absolute atomic E-state index is 0.726. The molecule has 0 bridgehead atoms. The number of rotatable bonds is 4. The van der Waals surface area contributed by atoms with Crippen LogP contribution in [0.25, 0.3) is 0 Å². The Morgan fingerprint density at radius 1 is 1.40 bits per heavy atom. The molecule has 0 amide bonds. The van der Waals surface area contributed by atoms with Crippen LogP contribution in [-0.4, -0.2) is 13.6 Å². The number of nitrogens with two attached hydrogens (primary N) is 1. The van der Waals surface area contributed by atoms with E-state index in [1.54, 1.807) is 0 Å². The topological polar surface area (TPSA) is 29.3 Å². The molecule has 0 saturated heterocycles. The van der Waals surface area contributed by atoms with Gasteiger partial charge >= 0.3 is 0 Å². The largest absolute Gasteiger partial charge is 0.397 e. The molecule has 0 unspecified atom stereocenters. The molecule has 1 aromatic rings. The summed E-state index contributed by atoms with van der Waals surface area (Å²) in [6, 6.07) is 6.03. The Hall–Kier alpha value is -0.700. The van der Waals surface area contributed by atoms with E-state index < -0.39 is 0 Å². The Morgan fingerprint density at radius 3 is 2.60 bits per heavy atom. The second kappa shape index (κ2) is 5.40. The zero-order chi connectivity index (χ0) is 11.4. The van der Waals surface area contributed by atoms with Crippen molar-refractivity contribution in [3.63, 3.8) is 0 Å². The zero-order valence-corrected chi connectivity index (χ0v) is 11.2.